The van der Waals surface area contributed by atoms with Gasteiger partial charge in [-0.2, -0.15) is 0 Å². The number of carbonyl (C=O) groups is 1. The van der Waals surface area contributed by atoms with E-state index in [9.17, 15) is 9.90 Å². The number of ketones is 1. The highest BCUT2D eigenvalue weighted by Gasteiger charge is 2.62. The number of allylic oxidation sites excluding steroid dienone is 1. The van der Waals surface area contributed by atoms with Crippen molar-refractivity contribution in [1.82, 2.24) is 0 Å². The third-order valence-corrected chi connectivity index (χ3v) is 6.83. The number of hydrogen-bond acceptors (Lipinski definition) is 4. The Morgan fingerprint density at radius 1 is 1.29 bits per heavy atom. The molecule has 2 bridgehead atoms. The molecule has 4 nitrogen and oxygen atoms in total. The zero-order chi connectivity index (χ0) is 17.2. The lowest BCUT2D eigenvalue weighted by Gasteiger charge is -2.41. The highest BCUT2D eigenvalue weighted by atomic mass is 16.6. The lowest BCUT2D eigenvalue weighted by Crippen LogP contribution is -2.54. The molecule has 0 aromatic rings. The van der Waals surface area contributed by atoms with Crippen LogP contribution in [0.4, 0.5) is 0 Å². The largest absolute Gasteiger partial charge is 0.390 e. The van der Waals surface area contributed by atoms with Crippen LogP contribution in [0.25, 0.3) is 0 Å². The quantitative estimate of drug-likeness (QED) is 0.693. The molecular formula is C20H28O4. The minimum atomic E-state index is -0.764. The van der Waals surface area contributed by atoms with E-state index in [2.05, 4.69) is 26.8 Å². The molecule has 4 aliphatic rings. The van der Waals surface area contributed by atoms with E-state index >= 15 is 0 Å². The van der Waals surface area contributed by atoms with E-state index in [0.717, 1.165) is 12.0 Å². The van der Waals surface area contributed by atoms with E-state index < -0.39 is 11.7 Å². The first-order valence-corrected chi connectivity index (χ1v) is 9.18. The number of hydrogen-bond donors (Lipinski definition) is 1. The fourth-order valence-corrected chi connectivity index (χ4v) is 5.50. The summed E-state index contributed by atoms with van der Waals surface area (Å²) >= 11 is 0. The molecule has 6 unspecified atom stereocenters. The van der Waals surface area contributed by atoms with Crippen LogP contribution in [0.3, 0.4) is 0 Å². The number of carbonyl (C=O) groups excluding carboxylic acids is 1. The van der Waals surface area contributed by atoms with E-state index in [0.29, 0.717) is 13.0 Å². The summed E-state index contributed by atoms with van der Waals surface area (Å²) in [7, 11) is 0. The second-order valence-electron chi connectivity index (χ2n) is 8.49. The van der Waals surface area contributed by atoms with Gasteiger partial charge >= 0.3 is 0 Å². The molecule has 0 spiro atoms. The van der Waals surface area contributed by atoms with Crippen molar-refractivity contribution >= 4 is 5.78 Å². The summed E-state index contributed by atoms with van der Waals surface area (Å²) in [5.41, 5.74) is 1.61. The number of aliphatic hydroxyl groups excluding tert-OH is 1. The van der Waals surface area contributed by atoms with Crippen LogP contribution < -0.4 is 0 Å². The van der Waals surface area contributed by atoms with Crippen LogP contribution in [-0.4, -0.2) is 41.4 Å². The molecule has 3 aliphatic heterocycles. The van der Waals surface area contributed by atoms with E-state index in [1.807, 2.05) is 13.0 Å². The molecule has 0 aromatic heterocycles. The van der Waals surface area contributed by atoms with Crippen molar-refractivity contribution in [2.45, 2.75) is 64.4 Å². The normalized spacial score (nSPS) is 53.2. The lowest BCUT2D eigenvalue weighted by molar-refractivity contribution is -0.183. The van der Waals surface area contributed by atoms with Crippen LogP contribution in [0.1, 0.15) is 40.5 Å². The number of fused-ring (bicyclic) bond motifs is 2. The summed E-state index contributed by atoms with van der Waals surface area (Å²) in [6, 6.07) is 0. The van der Waals surface area contributed by atoms with Crippen molar-refractivity contribution in [3.8, 4) is 0 Å². The number of rotatable bonds is 0. The predicted octanol–water partition coefficient (Wildman–Crippen LogP) is 2.66. The van der Waals surface area contributed by atoms with Gasteiger partial charge in [0.2, 0.25) is 0 Å². The van der Waals surface area contributed by atoms with Crippen LogP contribution in [0.5, 0.6) is 0 Å². The molecule has 0 aromatic carbocycles. The Morgan fingerprint density at radius 2 is 2.04 bits per heavy atom. The van der Waals surface area contributed by atoms with E-state index in [1.165, 1.54) is 5.57 Å². The monoisotopic (exact) mass is 332 g/mol. The molecule has 1 N–H and O–H groups in total. The van der Waals surface area contributed by atoms with E-state index in [4.69, 9.17) is 9.47 Å². The van der Waals surface area contributed by atoms with Gasteiger partial charge in [-0.15, -0.1) is 0 Å². The fraction of sp³-hybridized carbons (Fsp3) is 0.750. The highest BCUT2D eigenvalue weighted by Crippen LogP contribution is 2.54. The van der Waals surface area contributed by atoms with Crippen molar-refractivity contribution in [2.24, 2.45) is 23.7 Å². The summed E-state index contributed by atoms with van der Waals surface area (Å²) in [5, 5.41) is 10.9. The van der Waals surface area contributed by atoms with Gasteiger partial charge in [-0.3, -0.25) is 4.79 Å². The molecule has 2 fully saturated rings. The van der Waals surface area contributed by atoms with Crippen molar-refractivity contribution < 1.29 is 19.4 Å². The molecule has 3 heterocycles. The average molecular weight is 332 g/mol. The molecule has 132 valence electrons. The van der Waals surface area contributed by atoms with Gasteiger partial charge in [0.25, 0.3) is 0 Å². The van der Waals surface area contributed by atoms with E-state index in [1.54, 1.807) is 0 Å². The molecule has 1 aliphatic carbocycles. The fourth-order valence-electron chi connectivity index (χ4n) is 5.50. The first-order valence-electron chi connectivity index (χ1n) is 9.18. The van der Waals surface area contributed by atoms with E-state index in [-0.39, 0.29) is 41.7 Å². The molecular weight excluding hydrogens is 304 g/mol. The van der Waals surface area contributed by atoms with Gasteiger partial charge in [-0.1, -0.05) is 24.1 Å². The van der Waals surface area contributed by atoms with Gasteiger partial charge in [0.15, 0.2) is 5.78 Å². The molecule has 0 amide bonds. The minimum Gasteiger partial charge on any atom is -0.390 e. The molecule has 4 heteroatoms. The zero-order valence-electron chi connectivity index (χ0n) is 15.0. The van der Waals surface area contributed by atoms with Gasteiger partial charge in [-0.05, 0) is 45.6 Å². The second kappa shape index (κ2) is 5.52. The Labute approximate surface area is 143 Å². The Morgan fingerprint density at radius 3 is 2.79 bits per heavy atom. The Balaban J connectivity index is 1.89. The van der Waals surface area contributed by atoms with Gasteiger partial charge in [0.05, 0.1) is 24.9 Å². The summed E-state index contributed by atoms with van der Waals surface area (Å²) in [6.45, 7) is 8.73. The molecule has 2 saturated heterocycles. The summed E-state index contributed by atoms with van der Waals surface area (Å²) in [5.74, 6) is 0.641. The van der Waals surface area contributed by atoms with Crippen LogP contribution in [0.15, 0.2) is 23.3 Å². The Kier molecular flexibility index (Phi) is 3.79. The van der Waals surface area contributed by atoms with Crippen LogP contribution >= 0.6 is 0 Å². The van der Waals surface area contributed by atoms with Gasteiger partial charge in [0.1, 0.15) is 5.60 Å². The van der Waals surface area contributed by atoms with Crippen molar-refractivity contribution in [2.75, 3.05) is 6.61 Å². The standard InChI is InChI=1S/C20H28O4/c1-10-5-6-15(22)20(4)19-18-16(12(3)9-23-20)13(21)8-11(2)17(18)14(7-10)24-19/h5,8,12,14-19,22H,6-7,9H2,1-4H3/b10-5-/t12?,14?,15-,16?,17?,18?,19?,20+/m1/s1. The predicted molar refractivity (Wildman–Crippen MR) is 90.4 cm³/mol. The van der Waals surface area contributed by atoms with Crippen LogP contribution in [-0.2, 0) is 14.3 Å². The zero-order valence-corrected chi connectivity index (χ0v) is 15.0. The van der Waals surface area contributed by atoms with Gasteiger partial charge in [-0.25, -0.2) is 0 Å². The van der Waals surface area contributed by atoms with Gasteiger partial charge in [0, 0.05) is 17.8 Å². The molecule has 4 rings (SSSR count). The van der Waals surface area contributed by atoms with Crippen molar-refractivity contribution in [3.63, 3.8) is 0 Å². The third-order valence-electron chi connectivity index (χ3n) is 6.83. The first-order chi connectivity index (χ1) is 11.3. The maximum absolute atomic E-state index is 12.8. The van der Waals surface area contributed by atoms with Crippen LogP contribution in [0, 0.1) is 23.7 Å². The Bertz CT molecular complexity index is 621. The highest BCUT2D eigenvalue weighted by molar-refractivity contribution is 5.94. The summed E-state index contributed by atoms with van der Waals surface area (Å²) in [4.78, 5) is 12.8. The number of ether oxygens (including phenoxy) is 2. The lowest BCUT2D eigenvalue weighted by atomic mass is 9.63. The average Bonchev–Trinajstić information content (AvgIpc) is 2.85. The molecule has 0 saturated carbocycles. The SMILES string of the molecule is CC1=CC(=O)C2C(C)CO[C@]3(C)C4OC(C/C(C)=C\C[C@H]3O)C1C24. The second-order valence-corrected chi connectivity index (χ2v) is 8.49. The van der Waals surface area contributed by atoms with Crippen molar-refractivity contribution in [1.29, 1.82) is 0 Å². The molecule has 0 radical (unpaired) electrons. The summed E-state index contributed by atoms with van der Waals surface area (Å²) < 4.78 is 12.8. The maximum atomic E-state index is 12.8. The third kappa shape index (κ3) is 2.19. The first kappa shape index (κ1) is 16.5. The maximum Gasteiger partial charge on any atom is 0.159 e. The van der Waals surface area contributed by atoms with Gasteiger partial charge < -0.3 is 14.6 Å². The topological polar surface area (TPSA) is 55.8 Å². The summed E-state index contributed by atoms with van der Waals surface area (Å²) in [6.07, 6.45) is 4.62. The van der Waals surface area contributed by atoms with Crippen LogP contribution in [0.2, 0.25) is 0 Å². The Hall–Kier alpha value is -0.970. The smallest absolute Gasteiger partial charge is 0.159 e. The molecule has 8 atom stereocenters. The number of aliphatic hydroxyl groups is 1. The molecule has 24 heavy (non-hydrogen) atoms. The minimum absolute atomic E-state index is 0.0635. The van der Waals surface area contributed by atoms with Crippen molar-refractivity contribution in [3.05, 3.63) is 23.3 Å².